The highest BCUT2D eigenvalue weighted by atomic mass is 28.4. The van der Waals surface area contributed by atoms with Crippen molar-refractivity contribution in [2.45, 2.75) is 155 Å². The smallest absolute Gasteiger partial charge is 0.342 e. The van der Waals surface area contributed by atoms with Gasteiger partial charge in [0.25, 0.3) is 8.32 Å². The normalized spacial score (nSPS) is 18.9. The van der Waals surface area contributed by atoms with Gasteiger partial charge in [-0.3, -0.25) is 0 Å². The molecule has 1 saturated heterocycles. The molecule has 1 fully saturated rings. The molecule has 2 heterocycles. The van der Waals surface area contributed by atoms with Gasteiger partial charge in [0, 0.05) is 40.0 Å². The highest BCUT2D eigenvalue weighted by molar-refractivity contribution is 6.99. The summed E-state index contributed by atoms with van der Waals surface area (Å²) >= 11 is 0. The number of esters is 1. The Morgan fingerprint density at radius 3 is 2.03 bits per heavy atom. The first-order valence-electron chi connectivity index (χ1n) is 23.7. The molecule has 1 unspecified atom stereocenters. The number of imidazole rings is 1. The molecule has 362 valence electrons. The number of fused-ring (bicyclic) bond motifs is 1. The lowest BCUT2D eigenvalue weighted by atomic mass is 9.99. The zero-order chi connectivity index (χ0) is 48.9. The molecule has 13 heteroatoms. The number of rotatable bonds is 20. The minimum absolute atomic E-state index is 0.0299. The van der Waals surface area contributed by atoms with Crippen molar-refractivity contribution in [2.75, 3.05) is 20.5 Å². The van der Waals surface area contributed by atoms with Crippen LogP contribution in [0.3, 0.4) is 0 Å². The van der Waals surface area contributed by atoms with Gasteiger partial charge >= 0.3 is 5.97 Å². The summed E-state index contributed by atoms with van der Waals surface area (Å²) in [5.41, 5.74) is 2.41. The summed E-state index contributed by atoms with van der Waals surface area (Å²) < 4.78 is 47.6. The van der Waals surface area contributed by atoms with Crippen molar-refractivity contribution in [3.8, 4) is 5.75 Å². The molecule has 4 aromatic rings. The number of hydrogen-bond donors (Lipinski definition) is 0. The molecule has 0 spiro atoms. The predicted molar refractivity (Wildman–Crippen MR) is 278 cm³/mol. The average molecular weight is 957 g/mol. The molecule has 5 atom stereocenters. The summed E-state index contributed by atoms with van der Waals surface area (Å²) in [5, 5.41) is 2.30. The Morgan fingerprint density at radius 2 is 1.48 bits per heavy atom. The van der Waals surface area contributed by atoms with Crippen molar-refractivity contribution in [1.29, 1.82) is 0 Å². The van der Waals surface area contributed by atoms with E-state index in [1.807, 2.05) is 43.7 Å². The van der Waals surface area contributed by atoms with Crippen molar-refractivity contribution >= 4 is 58.2 Å². The lowest BCUT2D eigenvalue weighted by molar-refractivity contribution is -0.151. The van der Waals surface area contributed by atoms with Gasteiger partial charge in [-0.1, -0.05) is 153 Å². The van der Waals surface area contributed by atoms with Gasteiger partial charge in [-0.2, -0.15) is 0 Å². The monoisotopic (exact) mass is 957 g/mol. The molecule has 1 aromatic heterocycles. The summed E-state index contributed by atoms with van der Waals surface area (Å²) in [6.07, 6.45) is 9.30. The first-order chi connectivity index (χ1) is 30.7. The second kappa shape index (κ2) is 21.3. The fourth-order valence-corrected chi connectivity index (χ4v) is 15.0. The van der Waals surface area contributed by atoms with E-state index in [1.165, 1.54) is 10.4 Å². The molecule has 66 heavy (non-hydrogen) atoms. The van der Waals surface area contributed by atoms with Gasteiger partial charge in [-0.15, -0.1) is 0 Å². The lowest BCUT2D eigenvalue weighted by Gasteiger charge is -2.45. The molecular formula is C53H80N2O8Si3. The number of aromatic nitrogens is 2. The minimum atomic E-state index is -2.80. The zero-order valence-electron chi connectivity index (χ0n) is 43.1. The number of aryl methyl sites for hydroxylation is 1. The maximum atomic E-state index is 14.0. The topological polar surface area (TPSA) is 99.5 Å². The van der Waals surface area contributed by atoms with Crippen LogP contribution in [0.15, 0.2) is 91.3 Å². The third-order valence-corrected chi connectivity index (χ3v) is 24.5. The minimum Gasteiger partial charge on any atom is -0.467 e. The maximum Gasteiger partial charge on any atom is 0.342 e. The van der Waals surface area contributed by atoms with Gasteiger partial charge < -0.3 is 37.1 Å². The van der Waals surface area contributed by atoms with Crippen LogP contribution in [0.25, 0.3) is 17.1 Å². The van der Waals surface area contributed by atoms with Crippen molar-refractivity contribution in [2.24, 2.45) is 13.0 Å². The Hall–Kier alpha value is -3.67. The van der Waals surface area contributed by atoms with Crippen LogP contribution < -0.4 is 15.1 Å². The lowest BCUT2D eigenvalue weighted by Crippen LogP contribution is -2.67. The van der Waals surface area contributed by atoms with Crippen LogP contribution in [0.4, 0.5) is 0 Å². The van der Waals surface area contributed by atoms with Crippen molar-refractivity contribution in [3.05, 3.63) is 102 Å². The first kappa shape index (κ1) is 53.3. The van der Waals surface area contributed by atoms with Crippen molar-refractivity contribution in [1.82, 2.24) is 9.55 Å². The quantitative estimate of drug-likeness (QED) is 0.0371. The van der Waals surface area contributed by atoms with E-state index in [-0.39, 0.29) is 35.0 Å². The number of nitrogens with zero attached hydrogens (tertiary/aromatic N) is 2. The highest BCUT2D eigenvalue weighted by Gasteiger charge is 2.52. The Bertz CT molecular complexity index is 2230. The summed E-state index contributed by atoms with van der Waals surface area (Å²) in [6.45, 7) is 33.7. The number of carbonyl (C=O) groups is 1. The summed E-state index contributed by atoms with van der Waals surface area (Å²) in [5.74, 6) is -0.921. The van der Waals surface area contributed by atoms with Crippen LogP contribution in [-0.2, 0) is 34.8 Å². The van der Waals surface area contributed by atoms with Crippen LogP contribution in [0.5, 0.6) is 5.75 Å². The van der Waals surface area contributed by atoms with Crippen LogP contribution in [0.1, 0.15) is 91.6 Å². The molecule has 0 N–H and O–H groups in total. The Kier molecular flexibility index (Phi) is 17.2. The molecule has 0 bridgehead atoms. The summed E-state index contributed by atoms with van der Waals surface area (Å²) in [6, 6.07) is 24.3. The van der Waals surface area contributed by atoms with E-state index in [2.05, 4.69) is 161 Å². The van der Waals surface area contributed by atoms with Crippen LogP contribution >= 0.6 is 0 Å². The van der Waals surface area contributed by atoms with E-state index in [0.29, 0.717) is 35.4 Å². The Balaban J connectivity index is 1.51. The SMILES string of the molecule is COCOc1cc2c(ncn2C)c(/C=C/C[C@H]2OC(C)(C)O[C@@H]2C(/C=C\[C@H](C)[C@H](C)O[Si](c2ccccc2)(c2ccccc2)C(C)(C)C)O[Si](C)(C)C(C)(C)C)c1C(=O)OCC[Si](C)(C)C. The van der Waals surface area contributed by atoms with Gasteiger partial charge in [-0.05, 0) is 72.7 Å². The van der Waals surface area contributed by atoms with E-state index in [4.69, 9.17) is 37.5 Å². The predicted octanol–water partition coefficient (Wildman–Crippen LogP) is 11.5. The molecule has 10 nitrogen and oxygen atoms in total. The highest BCUT2D eigenvalue weighted by Crippen LogP contribution is 2.42. The van der Waals surface area contributed by atoms with Crippen LogP contribution in [0, 0.1) is 5.92 Å². The van der Waals surface area contributed by atoms with Gasteiger partial charge in [0.05, 0.1) is 36.2 Å². The molecule has 1 aliphatic rings. The largest absolute Gasteiger partial charge is 0.467 e. The van der Waals surface area contributed by atoms with Gasteiger partial charge in [-0.25, -0.2) is 9.78 Å². The van der Waals surface area contributed by atoms with Gasteiger partial charge in [0.15, 0.2) is 20.9 Å². The molecule has 0 saturated carbocycles. The van der Waals surface area contributed by atoms with E-state index >= 15 is 0 Å². The molecular weight excluding hydrogens is 877 g/mol. The molecule has 1 aliphatic heterocycles. The fraction of sp³-hybridized carbons (Fsp3) is 0.547. The molecule has 0 radical (unpaired) electrons. The first-order valence-corrected chi connectivity index (χ1v) is 32.2. The van der Waals surface area contributed by atoms with Crippen molar-refractivity contribution in [3.63, 3.8) is 0 Å². The summed E-state index contributed by atoms with van der Waals surface area (Å²) in [4.78, 5) is 18.8. The van der Waals surface area contributed by atoms with Crippen molar-refractivity contribution < 1.29 is 37.3 Å². The molecule has 0 amide bonds. The number of benzene rings is 3. The second-order valence-corrected chi connectivity index (χ2v) is 36.9. The standard InChI is InChI=1S/C53H80N2O8Si3/c1-38(39(2)62-66(52(6,7)8,40-25-20-18-21-26-40)41-27-22-19-23-28-41)31-32-45(63-65(16,17)51(3,4)5)49-44(60-53(9,10)61-49)30-24-29-42-47(50(56)58-33-34-64(13,14)15)46(59-37-57-12)35-43-48(42)54-36-55(43)11/h18-29,31-32,35-36,38-39,44-45,49H,30,33-34,37H2,1-17H3/b29-24+,32-31-/t38-,39-,44+,45?,49-/m0/s1. The fourth-order valence-electron chi connectivity index (χ4n) is 8.29. The Labute approximate surface area is 399 Å². The van der Waals surface area contributed by atoms with Gasteiger partial charge in [0.2, 0.25) is 0 Å². The zero-order valence-corrected chi connectivity index (χ0v) is 46.1. The van der Waals surface area contributed by atoms with E-state index in [9.17, 15) is 4.79 Å². The number of hydrogen-bond acceptors (Lipinski definition) is 9. The number of carbonyl (C=O) groups excluding carboxylic acids is 1. The average Bonchev–Trinajstić information content (AvgIpc) is 3.76. The third kappa shape index (κ3) is 12.7. The molecule has 0 aliphatic carbocycles. The second-order valence-electron chi connectivity index (χ2n) is 22.2. The molecule has 5 rings (SSSR count). The maximum absolute atomic E-state index is 14.0. The Morgan fingerprint density at radius 1 is 0.879 bits per heavy atom. The van der Waals surface area contributed by atoms with Gasteiger partial charge in [0.1, 0.15) is 17.4 Å². The van der Waals surface area contributed by atoms with E-state index < -0.39 is 48.7 Å². The third-order valence-electron chi connectivity index (χ3n) is 13.2. The number of ether oxygens (including phenoxy) is 5. The van der Waals surface area contributed by atoms with E-state index in [1.54, 1.807) is 13.4 Å². The summed E-state index contributed by atoms with van der Waals surface area (Å²) in [7, 11) is -3.14. The number of methoxy groups -OCH3 is 1. The van der Waals surface area contributed by atoms with E-state index in [0.717, 1.165) is 11.6 Å². The van der Waals surface area contributed by atoms with Crippen LogP contribution in [0.2, 0.25) is 48.9 Å². The molecule has 3 aromatic carbocycles. The van der Waals surface area contributed by atoms with Crippen LogP contribution in [-0.4, -0.2) is 90.9 Å².